The number of halogens is 2. The molecule has 0 radical (unpaired) electrons. The molecule has 0 spiro atoms. The first-order chi connectivity index (χ1) is 3.79. The molecule has 3 nitrogen and oxygen atoms in total. The summed E-state index contributed by atoms with van der Waals surface area (Å²) in [4.78, 5) is 0. The fourth-order valence-electron chi connectivity index (χ4n) is 0.559. The van der Waals surface area contributed by atoms with Gasteiger partial charge >= 0.3 is 29.6 Å². The first-order valence-corrected chi connectivity index (χ1v) is 2.99. The number of rotatable bonds is 0. The van der Waals surface area contributed by atoms with E-state index < -0.39 is 0 Å². The first-order valence-electron chi connectivity index (χ1n) is 2.31. The van der Waals surface area contributed by atoms with Crippen molar-refractivity contribution in [2.75, 3.05) is 20.0 Å². The van der Waals surface area contributed by atoms with Gasteiger partial charge < -0.3 is 0 Å². The van der Waals surface area contributed by atoms with Gasteiger partial charge in [-0.2, -0.15) is 8.84 Å². The van der Waals surface area contributed by atoms with Crippen LogP contribution in [-0.4, -0.2) is 58.4 Å². The second kappa shape index (κ2) is 5.16. The fourth-order valence-corrected chi connectivity index (χ4v) is 1.04. The Morgan fingerprint density at radius 1 is 1.11 bits per heavy atom. The maximum absolute atomic E-state index is 5.56. The van der Waals surface area contributed by atoms with E-state index in [1.165, 1.54) is 0 Å². The standard InChI is InChI=1S/C3H7Cl2N3.Na.H/c4-7-1-6-2-8(5)3-7;;/h6H,1-3H2;;. The van der Waals surface area contributed by atoms with Crippen LogP contribution in [0.3, 0.4) is 0 Å². The Kier molecular flexibility index (Phi) is 5.99. The zero-order valence-corrected chi connectivity index (χ0v) is 5.78. The molecule has 0 atom stereocenters. The van der Waals surface area contributed by atoms with Gasteiger partial charge in [0.05, 0.1) is 20.0 Å². The van der Waals surface area contributed by atoms with Crippen LogP contribution in [0.5, 0.6) is 0 Å². The summed E-state index contributed by atoms with van der Waals surface area (Å²) in [5.41, 5.74) is 0. The molecule has 1 heterocycles. The Morgan fingerprint density at radius 2 is 1.56 bits per heavy atom. The fraction of sp³-hybridized carbons (Fsp3) is 1.00. The third-order valence-electron chi connectivity index (χ3n) is 0.874. The SMILES string of the molecule is ClN1CNCN(Cl)C1.[NaH]. The van der Waals surface area contributed by atoms with Crippen molar-refractivity contribution in [3.63, 3.8) is 0 Å². The summed E-state index contributed by atoms with van der Waals surface area (Å²) in [6.45, 7) is 2.01. The van der Waals surface area contributed by atoms with Crippen LogP contribution in [-0.2, 0) is 0 Å². The van der Waals surface area contributed by atoms with Crippen LogP contribution in [0.25, 0.3) is 0 Å². The molecule has 0 amide bonds. The van der Waals surface area contributed by atoms with E-state index in [2.05, 4.69) is 5.32 Å². The van der Waals surface area contributed by atoms with E-state index in [-0.39, 0.29) is 29.6 Å². The minimum absolute atomic E-state index is 0. The summed E-state index contributed by atoms with van der Waals surface area (Å²) in [6, 6.07) is 0. The zero-order valence-electron chi connectivity index (χ0n) is 4.27. The third kappa shape index (κ3) is 4.01. The van der Waals surface area contributed by atoms with Crippen LogP contribution in [0.4, 0.5) is 0 Å². The molecule has 0 unspecified atom stereocenters. The molecule has 50 valence electrons. The van der Waals surface area contributed by atoms with Gasteiger partial charge in [-0.15, -0.1) is 0 Å². The van der Waals surface area contributed by atoms with Crippen molar-refractivity contribution in [1.29, 1.82) is 0 Å². The summed E-state index contributed by atoms with van der Waals surface area (Å²) in [5, 5.41) is 2.97. The summed E-state index contributed by atoms with van der Waals surface area (Å²) in [7, 11) is 0. The van der Waals surface area contributed by atoms with E-state index in [1.54, 1.807) is 8.84 Å². The van der Waals surface area contributed by atoms with Crippen LogP contribution in [0.1, 0.15) is 0 Å². The van der Waals surface area contributed by atoms with Crippen molar-refractivity contribution in [3.05, 3.63) is 0 Å². The van der Waals surface area contributed by atoms with Crippen molar-refractivity contribution >= 4 is 53.1 Å². The monoisotopic (exact) mass is 179 g/mol. The average Bonchev–Trinajstić information content (AvgIpc) is 1.64. The second-order valence-electron chi connectivity index (χ2n) is 1.63. The molecule has 0 aromatic heterocycles. The van der Waals surface area contributed by atoms with E-state index in [9.17, 15) is 0 Å². The predicted octanol–water partition coefficient (Wildman–Crippen LogP) is -0.275. The van der Waals surface area contributed by atoms with Gasteiger partial charge in [0.2, 0.25) is 0 Å². The molecule has 0 aromatic carbocycles. The number of nitrogens with zero attached hydrogens (tertiary/aromatic N) is 2. The van der Waals surface area contributed by atoms with E-state index in [1.807, 2.05) is 0 Å². The molecule has 1 saturated heterocycles. The Hall–Kier alpha value is 1.46. The van der Waals surface area contributed by atoms with E-state index >= 15 is 0 Å². The number of hydrogen-bond donors (Lipinski definition) is 1. The molecule has 0 saturated carbocycles. The molecule has 1 aliphatic rings. The third-order valence-corrected chi connectivity index (χ3v) is 1.33. The molecule has 0 aromatic rings. The van der Waals surface area contributed by atoms with Gasteiger partial charge in [-0.3, -0.25) is 5.32 Å². The maximum atomic E-state index is 5.56. The van der Waals surface area contributed by atoms with E-state index in [0.29, 0.717) is 20.0 Å². The zero-order chi connectivity index (χ0) is 5.98. The van der Waals surface area contributed by atoms with Crippen molar-refractivity contribution in [3.8, 4) is 0 Å². The summed E-state index contributed by atoms with van der Waals surface area (Å²) in [6.07, 6.45) is 0. The van der Waals surface area contributed by atoms with Crippen molar-refractivity contribution in [2.24, 2.45) is 0 Å². The van der Waals surface area contributed by atoms with Crippen molar-refractivity contribution in [1.82, 2.24) is 14.2 Å². The normalized spacial score (nSPS) is 23.3. The van der Waals surface area contributed by atoms with Gasteiger partial charge in [0, 0.05) is 0 Å². The summed E-state index contributed by atoms with van der Waals surface area (Å²) in [5.74, 6) is 0. The molecule has 9 heavy (non-hydrogen) atoms. The summed E-state index contributed by atoms with van der Waals surface area (Å²) < 4.78 is 3.13. The Morgan fingerprint density at radius 3 is 1.78 bits per heavy atom. The van der Waals surface area contributed by atoms with Crippen LogP contribution < -0.4 is 5.32 Å². The van der Waals surface area contributed by atoms with Gasteiger partial charge in [0.25, 0.3) is 0 Å². The quantitative estimate of drug-likeness (QED) is 0.408. The molecule has 0 bridgehead atoms. The van der Waals surface area contributed by atoms with Crippen molar-refractivity contribution in [2.45, 2.75) is 0 Å². The molecular formula is C3H8Cl2N3Na. The summed E-state index contributed by atoms with van der Waals surface area (Å²) >= 11 is 11.1. The Bertz CT molecular complexity index is 75.5. The number of nitrogens with one attached hydrogen (secondary N) is 1. The number of hydrogen-bond acceptors (Lipinski definition) is 3. The second-order valence-corrected chi connectivity index (χ2v) is 2.59. The van der Waals surface area contributed by atoms with Crippen LogP contribution in [0.2, 0.25) is 0 Å². The van der Waals surface area contributed by atoms with E-state index in [4.69, 9.17) is 23.6 Å². The van der Waals surface area contributed by atoms with Gasteiger partial charge in [-0.1, -0.05) is 0 Å². The minimum atomic E-state index is 0. The Labute approximate surface area is 86.8 Å². The Balaban J connectivity index is 0.000000640. The molecule has 1 N–H and O–H groups in total. The first kappa shape index (κ1) is 10.5. The average molecular weight is 180 g/mol. The van der Waals surface area contributed by atoms with Gasteiger partial charge in [0.1, 0.15) is 0 Å². The van der Waals surface area contributed by atoms with Crippen LogP contribution in [0, 0.1) is 0 Å². The molecular weight excluding hydrogens is 172 g/mol. The van der Waals surface area contributed by atoms with Gasteiger partial charge in [-0.25, -0.2) is 0 Å². The van der Waals surface area contributed by atoms with Crippen LogP contribution >= 0.6 is 23.6 Å². The molecule has 0 aliphatic carbocycles. The van der Waals surface area contributed by atoms with Crippen LogP contribution in [0.15, 0.2) is 0 Å². The molecule has 6 heteroatoms. The molecule has 1 fully saturated rings. The molecule has 1 aliphatic heterocycles. The van der Waals surface area contributed by atoms with Gasteiger partial charge in [-0.05, 0) is 23.6 Å². The predicted molar refractivity (Wildman–Crippen MR) is 40.3 cm³/mol. The van der Waals surface area contributed by atoms with Gasteiger partial charge in [0.15, 0.2) is 0 Å². The van der Waals surface area contributed by atoms with Crippen molar-refractivity contribution < 1.29 is 0 Å². The topological polar surface area (TPSA) is 18.5 Å². The molecule has 1 rings (SSSR count). The van der Waals surface area contributed by atoms with E-state index in [0.717, 1.165) is 0 Å².